The zero-order chi connectivity index (χ0) is 12.3. The molecule has 1 aliphatic heterocycles. The first-order chi connectivity index (χ1) is 8.15. The summed E-state index contributed by atoms with van der Waals surface area (Å²) >= 11 is 0. The number of nitrogens with one attached hydrogen (secondary N) is 1. The Morgan fingerprint density at radius 1 is 1.00 bits per heavy atom. The van der Waals surface area contributed by atoms with E-state index in [0.29, 0.717) is 6.04 Å². The van der Waals surface area contributed by atoms with E-state index in [2.05, 4.69) is 31.0 Å². The van der Waals surface area contributed by atoms with Crippen molar-refractivity contribution < 1.29 is 0 Å². The molecule has 0 aromatic heterocycles. The van der Waals surface area contributed by atoms with E-state index < -0.39 is 0 Å². The van der Waals surface area contributed by atoms with Gasteiger partial charge in [-0.05, 0) is 39.0 Å². The van der Waals surface area contributed by atoms with Crippen molar-refractivity contribution in [1.82, 2.24) is 10.2 Å². The Kier molecular flexibility index (Phi) is 4.87. The molecule has 0 spiro atoms. The predicted molar refractivity (Wildman–Crippen MR) is 74.3 cm³/mol. The van der Waals surface area contributed by atoms with Crippen LogP contribution in [0.3, 0.4) is 0 Å². The molecule has 1 aliphatic carbocycles. The molecule has 1 saturated carbocycles. The Bertz CT molecular complexity index is 221. The van der Waals surface area contributed by atoms with Crippen LogP contribution in [0.4, 0.5) is 0 Å². The van der Waals surface area contributed by atoms with Crippen LogP contribution in [0.1, 0.15) is 59.3 Å². The number of hydrogen-bond donors (Lipinski definition) is 1. The van der Waals surface area contributed by atoms with Crippen molar-refractivity contribution in [3.63, 3.8) is 0 Å². The molecular formula is C15H30N2. The van der Waals surface area contributed by atoms with Crippen LogP contribution >= 0.6 is 0 Å². The van der Waals surface area contributed by atoms with Gasteiger partial charge in [0, 0.05) is 31.2 Å². The monoisotopic (exact) mass is 238 g/mol. The molecule has 0 aromatic carbocycles. The number of rotatable bonds is 3. The highest BCUT2D eigenvalue weighted by Crippen LogP contribution is 2.22. The van der Waals surface area contributed by atoms with Crippen LogP contribution in [-0.4, -0.2) is 36.1 Å². The van der Waals surface area contributed by atoms with Crippen LogP contribution in [0.2, 0.25) is 0 Å². The van der Waals surface area contributed by atoms with Crippen molar-refractivity contribution in [2.75, 3.05) is 13.1 Å². The van der Waals surface area contributed by atoms with Gasteiger partial charge in [0.25, 0.3) is 0 Å². The molecule has 2 atom stereocenters. The lowest BCUT2D eigenvalue weighted by molar-refractivity contribution is 0.110. The van der Waals surface area contributed by atoms with Crippen LogP contribution in [0.15, 0.2) is 0 Å². The van der Waals surface area contributed by atoms with E-state index in [4.69, 9.17) is 0 Å². The minimum absolute atomic E-state index is 0.702. The van der Waals surface area contributed by atoms with Gasteiger partial charge < -0.3 is 5.32 Å². The van der Waals surface area contributed by atoms with E-state index >= 15 is 0 Å². The van der Waals surface area contributed by atoms with E-state index in [1.165, 1.54) is 51.6 Å². The summed E-state index contributed by atoms with van der Waals surface area (Å²) in [6.07, 6.45) is 8.53. The Hall–Kier alpha value is -0.0800. The van der Waals surface area contributed by atoms with Gasteiger partial charge in [-0.2, -0.15) is 0 Å². The SMILES string of the molecule is CC1CC(NC2CCCCC2)CN(C(C)C)C1. The standard InChI is InChI=1S/C15H30N2/c1-12(2)17-10-13(3)9-15(11-17)16-14-7-5-4-6-8-14/h12-16H,4-11H2,1-3H3. The third kappa shape index (κ3) is 3.96. The molecule has 17 heavy (non-hydrogen) atoms. The van der Waals surface area contributed by atoms with Gasteiger partial charge in [0.2, 0.25) is 0 Å². The molecule has 2 nitrogen and oxygen atoms in total. The first-order valence-electron chi connectivity index (χ1n) is 7.65. The number of likely N-dealkylation sites (tertiary alicyclic amines) is 1. The van der Waals surface area contributed by atoms with Crippen molar-refractivity contribution in [2.45, 2.75) is 77.4 Å². The fourth-order valence-corrected chi connectivity index (χ4v) is 3.54. The van der Waals surface area contributed by atoms with Crippen LogP contribution in [-0.2, 0) is 0 Å². The van der Waals surface area contributed by atoms with Gasteiger partial charge in [0.05, 0.1) is 0 Å². The largest absolute Gasteiger partial charge is 0.310 e. The lowest BCUT2D eigenvalue weighted by Gasteiger charge is -2.41. The average Bonchev–Trinajstić information content (AvgIpc) is 2.29. The van der Waals surface area contributed by atoms with Crippen LogP contribution in [0, 0.1) is 5.92 Å². The molecule has 2 heteroatoms. The summed E-state index contributed by atoms with van der Waals surface area (Å²) < 4.78 is 0. The molecule has 2 rings (SSSR count). The Labute approximate surface area is 107 Å². The molecule has 100 valence electrons. The molecular weight excluding hydrogens is 208 g/mol. The lowest BCUT2D eigenvalue weighted by Crippen LogP contribution is -2.53. The van der Waals surface area contributed by atoms with E-state index in [1.54, 1.807) is 0 Å². The fourth-order valence-electron chi connectivity index (χ4n) is 3.54. The molecule has 0 bridgehead atoms. The maximum atomic E-state index is 3.93. The quantitative estimate of drug-likeness (QED) is 0.813. The second-order valence-corrected chi connectivity index (χ2v) is 6.59. The Morgan fingerprint density at radius 2 is 1.71 bits per heavy atom. The second kappa shape index (κ2) is 6.19. The highest BCUT2D eigenvalue weighted by atomic mass is 15.2. The first kappa shape index (κ1) is 13.4. The van der Waals surface area contributed by atoms with Crippen molar-refractivity contribution in [3.8, 4) is 0 Å². The second-order valence-electron chi connectivity index (χ2n) is 6.59. The summed E-state index contributed by atoms with van der Waals surface area (Å²) in [5.41, 5.74) is 0. The maximum absolute atomic E-state index is 3.93. The average molecular weight is 238 g/mol. The van der Waals surface area contributed by atoms with Crippen LogP contribution < -0.4 is 5.32 Å². The minimum atomic E-state index is 0.702. The van der Waals surface area contributed by atoms with Crippen molar-refractivity contribution in [3.05, 3.63) is 0 Å². The van der Waals surface area contributed by atoms with Gasteiger partial charge in [0.15, 0.2) is 0 Å². The van der Waals surface area contributed by atoms with Crippen LogP contribution in [0.25, 0.3) is 0 Å². The molecule has 1 saturated heterocycles. The summed E-state index contributed by atoms with van der Waals surface area (Å²) in [6, 6.07) is 2.26. The molecule has 0 radical (unpaired) electrons. The van der Waals surface area contributed by atoms with E-state index in [-0.39, 0.29) is 0 Å². The van der Waals surface area contributed by atoms with E-state index in [0.717, 1.165) is 18.0 Å². The molecule has 1 N–H and O–H groups in total. The Morgan fingerprint density at radius 3 is 2.35 bits per heavy atom. The highest BCUT2D eigenvalue weighted by Gasteiger charge is 2.27. The van der Waals surface area contributed by atoms with Crippen molar-refractivity contribution in [2.24, 2.45) is 5.92 Å². The van der Waals surface area contributed by atoms with Gasteiger partial charge >= 0.3 is 0 Å². The molecule has 1 heterocycles. The van der Waals surface area contributed by atoms with Crippen molar-refractivity contribution in [1.29, 1.82) is 0 Å². The molecule has 2 aliphatic rings. The van der Waals surface area contributed by atoms with E-state index in [9.17, 15) is 0 Å². The number of nitrogens with zero attached hydrogens (tertiary/aromatic N) is 1. The van der Waals surface area contributed by atoms with E-state index in [1.807, 2.05) is 0 Å². The predicted octanol–water partition coefficient (Wildman–Crippen LogP) is 3.03. The highest BCUT2D eigenvalue weighted by molar-refractivity contribution is 4.86. The summed E-state index contributed by atoms with van der Waals surface area (Å²) in [5, 5.41) is 3.93. The summed E-state index contributed by atoms with van der Waals surface area (Å²) in [6.45, 7) is 9.62. The first-order valence-corrected chi connectivity index (χ1v) is 7.65. The zero-order valence-electron chi connectivity index (χ0n) is 11.9. The van der Waals surface area contributed by atoms with Crippen LogP contribution in [0.5, 0.6) is 0 Å². The summed E-state index contributed by atoms with van der Waals surface area (Å²) in [4.78, 5) is 2.65. The topological polar surface area (TPSA) is 15.3 Å². The lowest BCUT2D eigenvalue weighted by atomic mass is 9.91. The summed E-state index contributed by atoms with van der Waals surface area (Å²) in [7, 11) is 0. The zero-order valence-corrected chi connectivity index (χ0v) is 11.9. The van der Waals surface area contributed by atoms with Crippen molar-refractivity contribution >= 4 is 0 Å². The number of hydrogen-bond acceptors (Lipinski definition) is 2. The molecule has 0 aromatic rings. The molecule has 0 amide bonds. The smallest absolute Gasteiger partial charge is 0.0200 e. The van der Waals surface area contributed by atoms with Gasteiger partial charge in [-0.1, -0.05) is 26.2 Å². The number of piperidine rings is 1. The Balaban J connectivity index is 1.82. The van der Waals surface area contributed by atoms with Gasteiger partial charge in [-0.15, -0.1) is 0 Å². The van der Waals surface area contributed by atoms with Gasteiger partial charge in [-0.25, -0.2) is 0 Å². The fraction of sp³-hybridized carbons (Fsp3) is 1.00. The maximum Gasteiger partial charge on any atom is 0.0200 e. The third-order valence-corrected chi connectivity index (χ3v) is 4.49. The van der Waals surface area contributed by atoms with Gasteiger partial charge in [0.1, 0.15) is 0 Å². The summed E-state index contributed by atoms with van der Waals surface area (Å²) in [5.74, 6) is 0.854. The third-order valence-electron chi connectivity index (χ3n) is 4.49. The molecule has 2 fully saturated rings. The normalized spacial score (nSPS) is 33.2. The van der Waals surface area contributed by atoms with Gasteiger partial charge in [-0.3, -0.25) is 4.90 Å². The molecule has 2 unspecified atom stereocenters. The minimum Gasteiger partial charge on any atom is -0.310 e.